The molecule has 0 unspecified atom stereocenters. The molecule has 27 heavy (non-hydrogen) atoms. The van der Waals surface area contributed by atoms with Crippen molar-refractivity contribution in [2.24, 2.45) is 0 Å². The number of amides is 1. The van der Waals surface area contributed by atoms with Crippen LogP contribution in [0, 0.1) is 13.8 Å². The first-order chi connectivity index (χ1) is 13.0. The van der Waals surface area contributed by atoms with Gasteiger partial charge in [-0.15, -0.1) is 0 Å². The molecule has 0 bridgehead atoms. The maximum absolute atomic E-state index is 12.4. The SMILES string of the molecule is Cc1cc(C)cc(NC(=O)c2cnc(N(C)CCc3ccncc3)cn2)c1. The predicted octanol–water partition coefficient (Wildman–Crippen LogP) is 3.42. The summed E-state index contributed by atoms with van der Waals surface area (Å²) in [6.07, 6.45) is 7.60. The lowest BCUT2D eigenvalue weighted by molar-refractivity contribution is 0.102. The van der Waals surface area contributed by atoms with Gasteiger partial charge in [-0.3, -0.25) is 9.78 Å². The Morgan fingerprint density at radius 2 is 1.74 bits per heavy atom. The van der Waals surface area contributed by atoms with Gasteiger partial charge in [0.1, 0.15) is 11.5 Å². The molecule has 0 aliphatic carbocycles. The summed E-state index contributed by atoms with van der Waals surface area (Å²) in [5.41, 5.74) is 4.47. The Morgan fingerprint density at radius 1 is 1.04 bits per heavy atom. The third kappa shape index (κ3) is 5.10. The molecule has 0 fully saturated rings. The summed E-state index contributed by atoms with van der Waals surface area (Å²) >= 11 is 0. The van der Waals surface area contributed by atoms with Crippen molar-refractivity contribution in [2.75, 3.05) is 23.8 Å². The van der Waals surface area contributed by atoms with Gasteiger partial charge in [-0.2, -0.15) is 0 Å². The van der Waals surface area contributed by atoms with Crippen LogP contribution in [-0.4, -0.2) is 34.5 Å². The summed E-state index contributed by atoms with van der Waals surface area (Å²) < 4.78 is 0. The second-order valence-electron chi connectivity index (χ2n) is 6.62. The highest BCUT2D eigenvalue weighted by atomic mass is 16.1. The summed E-state index contributed by atoms with van der Waals surface area (Å²) in [7, 11) is 1.96. The van der Waals surface area contributed by atoms with Crippen molar-refractivity contribution in [2.45, 2.75) is 20.3 Å². The summed E-state index contributed by atoms with van der Waals surface area (Å²) in [6, 6.07) is 9.92. The van der Waals surface area contributed by atoms with Crippen LogP contribution in [0.2, 0.25) is 0 Å². The van der Waals surface area contributed by atoms with E-state index < -0.39 is 0 Å². The fourth-order valence-corrected chi connectivity index (χ4v) is 2.84. The van der Waals surface area contributed by atoms with Crippen LogP contribution >= 0.6 is 0 Å². The van der Waals surface area contributed by atoms with Crippen LogP contribution in [0.1, 0.15) is 27.2 Å². The van der Waals surface area contributed by atoms with Crippen molar-refractivity contribution in [3.63, 3.8) is 0 Å². The number of aryl methyl sites for hydroxylation is 2. The molecule has 0 saturated heterocycles. The van der Waals surface area contributed by atoms with Crippen LogP contribution < -0.4 is 10.2 Å². The standard InChI is InChI=1S/C21H23N5O/c1-15-10-16(2)12-18(11-15)25-21(27)19-13-24-20(14-23-19)26(3)9-6-17-4-7-22-8-5-17/h4-5,7-8,10-14H,6,9H2,1-3H3,(H,25,27). The Bertz CT molecular complexity index is 889. The van der Waals surface area contributed by atoms with E-state index in [4.69, 9.17) is 0 Å². The highest BCUT2D eigenvalue weighted by Crippen LogP contribution is 2.15. The number of anilines is 2. The van der Waals surface area contributed by atoms with E-state index in [1.165, 1.54) is 11.8 Å². The van der Waals surface area contributed by atoms with Gasteiger partial charge in [0.15, 0.2) is 0 Å². The van der Waals surface area contributed by atoms with Gasteiger partial charge in [-0.1, -0.05) is 6.07 Å². The number of rotatable bonds is 6. The number of pyridine rings is 1. The van der Waals surface area contributed by atoms with Crippen LogP contribution in [0.15, 0.2) is 55.1 Å². The molecule has 2 heterocycles. The van der Waals surface area contributed by atoms with Crippen molar-refractivity contribution < 1.29 is 4.79 Å². The number of aromatic nitrogens is 3. The highest BCUT2D eigenvalue weighted by Gasteiger charge is 2.10. The maximum Gasteiger partial charge on any atom is 0.275 e. The minimum atomic E-state index is -0.265. The van der Waals surface area contributed by atoms with Gasteiger partial charge < -0.3 is 10.2 Å². The zero-order valence-electron chi connectivity index (χ0n) is 15.8. The second-order valence-corrected chi connectivity index (χ2v) is 6.62. The van der Waals surface area contributed by atoms with Crippen LogP contribution in [-0.2, 0) is 6.42 Å². The predicted molar refractivity (Wildman–Crippen MR) is 107 cm³/mol. The molecule has 0 aliphatic rings. The molecular weight excluding hydrogens is 338 g/mol. The zero-order chi connectivity index (χ0) is 19.2. The molecule has 1 amide bonds. The minimum absolute atomic E-state index is 0.265. The van der Waals surface area contributed by atoms with Crippen LogP contribution in [0.3, 0.4) is 0 Å². The van der Waals surface area contributed by atoms with Crippen LogP contribution in [0.5, 0.6) is 0 Å². The first-order valence-electron chi connectivity index (χ1n) is 8.83. The Hall–Kier alpha value is -3.28. The van der Waals surface area contributed by atoms with Gasteiger partial charge in [0.05, 0.1) is 12.4 Å². The number of carbonyl (C=O) groups excluding carboxylic acids is 1. The number of carbonyl (C=O) groups is 1. The molecule has 3 aromatic rings. The van der Waals surface area contributed by atoms with Crippen LogP contribution in [0.25, 0.3) is 0 Å². The maximum atomic E-state index is 12.4. The van der Waals surface area contributed by atoms with Gasteiger partial charge >= 0.3 is 0 Å². The minimum Gasteiger partial charge on any atom is -0.358 e. The molecule has 0 aliphatic heterocycles. The first kappa shape index (κ1) is 18.5. The van der Waals surface area contributed by atoms with Gasteiger partial charge in [0.2, 0.25) is 0 Å². The molecule has 6 heteroatoms. The fourth-order valence-electron chi connectivity index (χ4n) is 2.84. The largest absolute Gasteiger partial charge is 0.358 e. The Kier molecular flexibility index (Phi) is 5.76. The van der Waals surface area contributed by atoms with Crippen molar-refractivity contribution in [3.05, 3.63) is 77.5 Å². The van der Waals surface area contributed by atoms with E-state index in [2.05, 4.69) is 26.3 Å². The third-order valence-corrected chi connectivity index (χ3v) is 4.23. The second kappa shape index (κ2) is 8.40. The molecule has 0 radical (unpaired) electrons. The Balaban J connectivity index is 1.61. The zero-order valence-corrected chi connectivity index (χ0v) is 15.8. The molecule has 2 aromatic heterocycles. The molecule has 138 valence electrons. The van der Waals surface area contributed by atoms with Gasteiger partial charge in [0.25, 0.3) is 5.91 Å². The number of likely N-dealkylation sites (N-methyl/N-ethyl adjacent to an activating group) is 1. The highest BCUT2D eigenvalue weighted by molar-refractivity contribution is 6.02. The molecule has 1 aromatic carbocycles. The van der Waals surface area contributed by atoms with E-state index in [1.54, 1.807) is 18.6 Å². The molecule has 0 atom stereocenters. The van der Waals surface area contributed by atoms with Crippen molar-refractivity contribution in [1.82, 2.24) is 15.0 Å². The monoisotopic (exact) mass is 361 g/mol. The lowest BCUT2D eigenvalue weighted by Crippen LogP contribution is -2.22. The van der Waals surface area contributed by atoms with Gasteiger partial charge in [-0.25, -0.2) is 9.97 Å². The number of nitrogens with one attached hydrogen (secondary N) is 1. The Morgan fingerprint density at radius 3 is 2.37 bits per heavy atom. The molecular formula is C21H23N5O. The number of hydrogen-bond acceptors (Lipinski definition) is 5. The fraction of sp³-hybridized carbons (Fsp3) is 0.238. The van der Waals surface area contributed by atoms with E-state index >= 15 is 0 Å². The van der Waals surface area contributed by atoms with E-state index in [9.17, 15) is 4.79 Å². The van der Waals surface area contributed by atoms with Crippen molar-refractivity contribution in [1.29, 1.82) is 0 Å². The smallest absolute Gasteiger partial charge is 0.275 e. The van der Waals surface area contributed by atoms with E-state index in [-0.39, 0.29) is 5.91 Å². The van der Waals surface area contributed by atoms with Gasteiger partial charge in [0, 0.05) is 31.7 Å². The average molecular weight is 361 g/mol. The molecule has 1 N–H and O–H groups in total. The molecule has 3 rings (SSSR count). The molecule has 6 nitrogen and oxygen atoms in total. The third-order valence-electron chi connectivity index (χ3n) is 4.23. The molecule has 0 saturated carbocycles. The number of nitrogens with zero attached hydrogens (tertiary/aromatic N) is 4. The summed E-state index contributed by atoms with van der Waals surface area (Å²) in [6.45, 7) is 4.80. The molecule has 0 spiro atoms. The van der Waals surface area contributed by atoms with Crippen molar-refractivity contribution >= 4 is 17.4 Å². The summed E-state index contributed by atoms with van der Waals surface area (Å²) in [5, 5.41) is 2.87. The quantitative estimate of drug-likeness (QED) is 0.728. The Labute approximate surface area is 159 Å². The summed E-state index contributed by atoms with van der Waals surface area (Å²) in [5.74, 6) is 0.463. The van der Waals surface area contributed by atoms with Crippen molar-refractivity contribution in [3.8, 4) is 0 Å². The number of benzene rings is 1. The van der Waals surface area contributed by atoms with Gasteiger partial charge in [-0.05, 0) is 61.2 Å². The summed E-state index contributed by atoms with van der Waals surface area (Å²) in [4.78, 5) is 27.1. The topological polar surface area (TPSA) is 71.0 Å². The van der Waals surface area contributed by atoms with E-state index in [0.717, 1.165) is 35.6 Å². The number of hydrogen-bond donors (Lipinski definition) is 1. The van der Waals surface area contributed by atoms with E-state index in [1.807, 2.05) is 50.1 Å². The normalized spacial score (nSPS) is 10.5. The average Bonchev–Trinajstić information content (AvgIpc) is 2.66. The van der Waals surface area contributed by atoms with E-state index in [0.29, 0.717) is 5.69 Å². The lowest BCUT2D eigenvalue weighted by atomic mass is 10.1. The first-order valence-corrected chi connectivity index (χ1v) is 8.83. The van der Waals surface area contributed by atoms with Crippen LogP contribution in [0.4, 0.5) is 11.5 Å². The lowest BCUT2D eigenvalue weighted by Gasteiger charge is -2.17.